The third-order valence-electron chi connectivity index (χ3n) is 4.54. The Kier molecular flexibility index (Phi) is 7.57. The lowest BCUT2D eigenvalue weighted by Gasteiger charge is -2.24. The first-order chi connectivity index (χ1) is 13.0. The molecule has 0 fully saturated rings. The summed E-state index contributed by atoms with van der Waals surface area (Å²) in [7, 11) is 2.80. The Morgan fingerprint density at radius 3 is 2.46 bits per heavy atom. The summed E-state index contributed by atoms with van der Waals surface area (Å²) in [4.78, 5) is 30.4. The fourth-order valence-electron chi connectivity index (χ4n) is 2.92. The maximum atomic E-state index is 10.5. The molecule has 1 aromatic carbocycles. The van der Waals surface area contributed by atoms with Gasteiger partial charge < -0.3 is 14.4 Å². The van der Waals surface area contributed by atoms with Crippen LogP contribution in [0, 0.1) is 41.0 Å². The van der Waals surface area contributed by atoms with Crippen LogP contribution < -0.4 is 4.74 Å². The Morgan fingerprint density at radius 2 is 1.86 bits per heavy atom. The number of nitrogens with zero attached hydrogens (tertiary/aromatic N) is 2. The van der Waals surface area contributed by atoms with Crippen LogP contribution in [0.1, 0.15) is 29.2 Å². The molecule has 9 nitrogen and oxygen atoms in total. The average molecular weight is 451 g/mol. The van der Waals surface area contributed by atoms with Crippen molar-refractivity contribution in [3.8, 4) is 5.75 Å². The minimum atomic E-state index is -1.02. The Balaban J connectivity index is 1.92. The van der Waals surface area contributed by atoms with E-state index in [-0.39, 0.29) is 5.75 Å². The molecule has 0 aliphatic carbocycles. The van der Waals surface area contributed by atoms with Crippen LogP contribution in [0.2, 0.25) is 0 Å². The molecule has 1 heterocycles. The topological polar surface area (TPSA) is 114 Å². The van der Waals surface area contributed by atoms with Crippen molar-refractivity contribution in [2.45, 2.75) is 50.7 Å². The molecular weight excluding hydrogens is 428 g/mol. The quantitative estimate of drug-likeness (QED) is 0.187. The zero-order valence-electron chi connectivity index (χ0n) is 15.9. The van der Waals surface area contributed by atoms with Crippen LogP contribution in [0.15, 0.2) is 4.90 Å². The molecule has 28 heavy (non-hydrogen) atoms. The maximum Gasteiger partial charge on any atom is 0.294 e. The van der Waals surface area contributed by atoms with Crippen LogP contribution in [0.5, 0.6) is 5.75 Å². The molecule has 0 bridgehead atoms. The van der Waals surface area contributed by atoms with Gasteiger partial charge in [-0.15, -0.1) is 32.9 Å². The van der Waals surface area contributed by atoms with Crippen molar-refractivity contribution in [3.05, 3.63) is 42.5 Å². The van der Waals surface area contributed by atoms with Crippen molar-refractivity contribution >= 4 is 34.2 Å². The molecule has 0 saturated carbocycles. The van der Waals surface area contributed by atoms with E-state index in [0.717, 1.165) is 39.3 Å². The number of benzene rings is 1. The number of hydrogen-bond donors (Lipinski definition) is 1. The molecule has 156 valence electrons. The largest absolute Gasteiger partial charge is 0.486 e. The van der Waals surface area contributed by atoms with Gasteiger partial charge in [0.2, 0.25) is 0 Å². The first kappa shape index (κ1) is 22.8. The third kappa shape index (κ3) is 5.51. The van der Waals surface area contributed by atoms with Gasteiger partial charge in [-0.25, -0.2) is 0 Å². The van der Waals surface area contributed by atoms with Gasteiger partial charge in [-0.2, -0.15) is 0 Å². The fraction of sp³-hybridized carbons (Fsp3) is 0.625. The molecule has 0 spiro atoms. The van der Waals surface area contributed by atoms with E-state index in [9.17, 15) is 20.2 Å². The molecule has 0 aromatic heterocycles. The highest BCUT2D eigenvalue weighted by molar-refractivity contribution is 8.76. The first-order valence-electron chi connectivity index (χ1n) is 8.37. The average Bonchev–Trinajstić information content (AvgIpc) is 2.97. The van der Waals surface area contributed by atoms with Crippen LogP contribution in [0.3, 0.4) is 0 Å². The van der Waals surface area contributed by atoms with Crippen molar-refractivity contribution in [1.29, 1.82) is 0 Å². The number of rotatable bonds is 10. The van der Waals surface area contributed by atoms with Gasteiger partial charge >= 0.3 is 0 Å². The second-order valence-electron chi connectivity index (χ2n) is 6.78. The van der Waals surface area contributed by atoms with Gasteiger partial charge in [-0.05, 0) is 44.4 Å². The number of hydrogen-bond acceptors (Lipinski definition) is 10. The van der Waals surface area contributed by atoms with Gasteiger partial charge in [0, 0.05) is 28.4 Å². The van der Waals surface area contributed by atoms with Crippen LogP contribution in [-0.2, 0) is 16.1 Å². The van der Waals surface area contributed by atoms with E-state index in [0.29, 0.717) is 5.75 Å². The Labute approximate surface area is 175 Å². The first-order valence-corrected chi connectivity index (χ1v) is 11.3. The van der Waals surface area contributed by atoms with E-state index >= 15 is 0 Å². The number of ether oxygens (including phenoxy) is 1. The second kappa shape index (κ2) is 9.31. The van der Waals surface area contributed by atoms with Gasteiger partial charge in [0.25, 0.3) is 10.2 Å². The summed E-state index contributed by atoms with van der Waals surface area (Å²) in [5.74, 6) is 1.71. The summed E-state index contributed by atoms with van der Waals surface area (Å²) in [6.07, 6.45) is -0.276. The van der Waals surface area contributed by atoms with Crippen molar-refractivity contribution < 1.29 is 24.6 Å². The molecule has 1 aromatic rings. The lowest BCUT2D eigenvalue weighted by atomic mass is 9.94. The van der Waals surface area contributed by atoms with Crippen LogP contribution in [-0.4, -0.2) is 40.0 Å². The third-order valence-corrected chi connectivity index (χ3v) is 7.88. The molecule has 2 rings (SSSR count). The summed E-state index contributed by atoms with van der Waals surface area (Å²) >= 11 is 4.61. The minimum absolute atomic E-state index is 0.167. The zero-order valence-corrected chi connectivity index (χ0v) is 18.4. The molecule has 0 N–H and O–H groups in total. The van der Waals surface area contributed by atoms with E-state index in [2.05, 4.69) is 22.3 Å². The van der Waals surface area contributed by atoms with E-state index in [4.69, 9.17) is 4.74 Å². The SMILES string of the molecule is Cc1c(C)c2c(c(C)c1S)CC(C)(CSSCC(CO[N+](=O)[O-])O[N+](=O)[O-])O2. The van der Waals surface area contributed by atoms with Gasteiger partial charge in [-0.1, -0.05) is 21.6 Å². The van der Waals surface area contributed by atoms with E-state index < -0.39 is 28.5 Å². The highest BCUT2D eigenvalue weighted by atomic mass is 33.1. The van der Waals surface area contributed by atoms with Crippen LogP contribution in [0.25, 0.3) is 0 Å². The maximum absolute atomic E-state index is 10.5. The Morgan fingerprint density at radius 1 is 1.18 bits per heavy atom. The van der Waals surface area contributed by atoms with Crippen LogP contribution in [0.4, 0.5) is 0 Å². The predicted octanol–water partition coefficient (Wildman–Crippen LogP) is 3.76. The van der Waals surface area contributed by atoms with Gasteiger partial charge in [0.1, 0.15) is 24.1 Å². The Bertz CT molecular complexity index is 738. The standard InChI is InChI=1S/C16H22N2O7S3/c1-9-10(2)15(26)11(3)13-5-16(4,24-14(9)13)8-28-27-7-12(25-18(21)22)6-23-17(19)20/h12,26H,5-8H2,1-4H3. The van der Waals surface area contributed by atoms with Gasteiger partial charge in [0.15, 0.2) is 0 Å². The molecule has 0 radical (unpaired) electrons. The molecule has 0 amide bonds. The molecule has 12 heteroatoms. The highest BCUT2D eigenvalue weighted by Crippen LogP contribution is 2.45. The molecule has 2 atom stereocenters. The molecule has 2 unspecified atom stereocenters. The number of fused-ring (bicyclic) bond motifs is 1. The second-order valence-corrected chi connectivity index (χ2v) is 9.73. The predicted molar refractivity (Wildman–Crippen MR) is 110 cm³/mol. The fourth-order valence-corrected chi connectivity index (χ4v) is 5.86. The highest BCUT2D eigenvalue weighted by Gasteiger charge is 2.38. The lowest BCUT2D eigenvalue weighted by molar-refractivity contribution is -0.788. The summed E-state index contributed by atoms with van der Waals surface area (Å²) in [5, 5.41) is 18.8. The minimum Gasteiger partial charge on any atom is -0.486 e. The van der Waals surface area contributed by atoms with Crippen molar-refractivity contribution in [1.82, 2.24) is 0 Å². The van der Waals surface area contributed by atoms with E-state index in [1.807, 2.05) is 27.7 Å². The molecule has 1 aliphatic rings. The van der Waals surface area contributed by atoms with Crippen molar-refractivity contribution in [2.75, 3.05) is 18.1 Å². The molecular formula is C16H22N2O7S3. The summed E-state index contributed by atoms with van der Waals surface area (Å²) in [6, 6.07) is 0. The summed E-state index contributed by atoms with van der Waals surface area (Å²) in [5.41, 5.74) is 4.06. The van der Waals surface area contributed by atoms with Gasteiger partial charge in [-0.3, -0.25) is 0 Å². The van der Waals surface area contributed by atoms with Crippen molar-refractivity contribution in [2.24, 2.45) is 0 Å². The summed E-state index contributed by atoms with van der Waals surface area (Å²) < 4.78 is 6.27. The summed E-state index contributed by atoms with van der Waals surface area (Å²) in [6.45, 7) is 7.61. The smallest absolute Gasteiger partial charge is 0.294 e. The monoisotopic (exact) mass is 450 g/mol. The van der Waals surface area contributed by atoms with E-state index in [1.54, 1.807) is 0 Å². The van der Waals surface area contributed by atoms with Gasteiger partial charge in [0.05, 0.1) is 0 Å². The zero-order chi connectivity index (χ0) is 21.1. The van der Waals surface area contributed by atoms with Crippen molar-refractivity contribution in [3.63, 3.8) is 0 Å². The van der Waals surface area contributed by atoms with E-state index in [1.165, 1.54) is 21.6 Å². The normalized spacial score (nSPS) is 18.9. The number of thiol groups is 1. The molecule has 1 aliphatic heterocycles. The lowest BCUT2D eigenvalue weighted by Crippen LogP contribution is -2.33. The van der Waals surface area contributed by atoms with Crippen LogP contribution >= 0.6 is 34.2 Å². The molecule has 0 saturated heterocycles. The Hall–Kier alpha value is -1.53.